The molecule has 0 atom stereocenters. The Hall–Kier alpha value is -1.51. The Morgan fingerprint density at radius 1 is 1.04 bits per heavy atom. The molecule has 1 amide bonds. The van der Waals surface area contributed by atoms with Gasteiger partial charge in [-0.25, -0.2) is 4.79 Å². The van der Waals surface area contributed by atoms with Crippen molar-refractivity contribution in [2.24, 2.45) is 0 Å². The zero-order valence-electron chi connectivity index (χ0n) is 14.3. The number of carbonyl (C=O) groups is 1. The molecule has 0 unspecified atom stereocenters. The van der Waals surface area contributed by atoms with E-state index in [1.165, 1.54) is 0 Å². The fourth-order valence-electron chi connectivity index (χ4n) is 2.72. The predicted octanol–water partition coefficient (Wildman–Crippen LogP) is 6.46. The van der Waals surface area contributed by atoms with E-state index in [4.69, 9.17) is 4.74 Å². The number of ether oxygens (including phenoxy) is 1. The second kappa shape index (κ2) is 5.49. The van der Waals surface area contributed by atoms with Crippen LogP contribution in [0.4, 0.5) is 24.2 Å². The number of hydrogen-bond acceptors (Lipinski definition) is 2. The monoisotopic (exact) mass is 387 g/mol. The van der Waals surface area contributed by atoms with Gasteiger partial charge in [-0.2, -0.15) is 0 Å². The van der Waals surface area contributed by atoms with Gasteiger partial charge in [-0.3, -0.25) is 0 Å². The molecule has 0 aromatic heterocycles. The quantitative estimate of drug-likeness (QED) is 0.545. The SMILES string of the molecule is CC(C)(C)OC(=O)N1CCC(c2ccc(S(F)(F)(F)(F)F)cc2)CC1. The molecule has 0 saturated carbocycles. The van der Waals surface area contributed by atoms with Gasteiger partial charge in [0, 0.05) is 13.1 Å². The third-order valence-corrected chi connectivity index (χ3v) is 5.11. The van der Waals surface area contributed by atoms with Crippen LogP contribution in [0.25, 0.3) is 0 Å². The van der Waals surface area contributed by atoms with Crippen molar-refractivity contribution in [1.29, 1.82) is 0 Å². The Balaban J connectivity index is 2.01. The van der Waals surface area contributed by atoms with Crippen molar-refractivity contribution in [1.82, 2.24) is 4.90 Å². The van der Waals surface area contributed by atoms with Crippen LogP contribution in [0.3, 0.4) is 0 Å². The fraction of sp³-hybridized carbons (Fsp3) is 0.562. The lowest BCUT2D eigenvalue weighted by molar-refractivity contribution is 0.0204. The molecule has 1 saturated heterocycles. The Bertz CT molecular complexity index is 644. The van der Waals surface area contributed by atoms with Gasteiger partial charge in [0.15, 0.2) is 0 Å². The van der Waals surface area contributed by atoms with Gasteiger partial charge in [-0.15, -0.1) is 0 Å². The normalized spacial score (nSPS) is 19.9. The Morgan fingerprint density at radius 2 is 1.52 bits per heavy atom. The van der Waals surface area contributed by atoms with E-state index in [9.17, 15) is 24.2 Å². The van der Waals surface area contributed by atoms with Crippen LogP contribution in [0.5, 0.6) is 0 Å². The summed E-state index contributed by atoms with van der Waals surface area (Å²) in [4.78, 5) is 11.6. The molecule has 1 fully saturated rings. The molecule has 144 valence electrons. The number of carbonyl (C=O) groups excluding carboxylic acids is 1. The molecule has 9 heteroatoms. The summed E-state index contributed by atoms with van der Waals surface area (Å²) in [5.74, 6) is -0.0775. The lowest BCUT2D eigenvalue weighted by Crippen LogP contribution is -2.41. The molecule has 1 aliphatic heterocycles. The molecule has 0 radical (unpaired) electrons. The molecule has 0 N–H and O–H groups in total. The Kier molecular flexibility index (Phi) is 4.35. The van der Waals surface area contributed by atoms with Crippen molar-refractivity contribution in [3.63, 3.8) is 0 Å². The number of hydrogen-bond donors (Lipinski definition) is 0. The third-order valence-electron chi connectivity index (χ3n) is 3.94. The van der Waals surface area contributed by atoms with Gasteiger partial charge in [0.25, 0.3) is 0 Å². The lowest BCUT2D eigenvalue weighted by atomic mass is 9.90. The Labute approximate surface area is 143 Å². The summed E-state index contributed by atoms with van der Waals surface area (Å²) in [6.07, 6.45) is 0.645. The van der Waals surface area contributed by atoms with Gasteiger partial charge in [-0.1, -0.05) is 31.6 Å². The van der Waals surface area contributed by atoms with Gasteiger partial charge >= 0.3 is 16.3 Å². The molecule has 1 aromatic rings. The van der Waals surface area contributed by atoms with E-state index in [0.717, 1.165) is 12.1 Å². The molecule has 1 aromatic carbocycles. The van der Waals surface area contributed by atoms with Gasteiger partial charge < -0.3 is 9.64 Å². The van der Waals surface area contributed by atoms with Crippen LogP contribution in [0, 0.1) is 0 Å². The largest absolute Gasteiger partial charge is 0.444 e. The van der Waals surface area contributed by atoms with Gasteiger partial charge in [0.2, 0.25) is 0 Å². The summed E-state index contributed by atoms with van der Waals surface area (Å²) in [6.45, 7) is 6.10. The summed E-state index contributed by atoms with van der Waals surface area (Å²) in [7, 11) is -9.63. The summed E-state index contributed by atoms with van der Waals surface area (Å²) in [5, 5.41) is 0. The standard InChI is InChI=1S/C16H22F5NO2S/c1-16(2,3)24-15(23)22-10-8-13(9-11-22)12-4-6-14(7-5-12)25(17,18,19,20)21/h4-7,13H,8-11H2,1-3H3. The summed E-state index contributed by atoms with van der Waals surface area (Å²) >= 11 is 0. The molecule has 1 heterocycles. The highest BCUT2D eigenvalue weighted by molar-refractivity contribution is 8.45. The van der Waals surface area contributed by atoms with Gasteiger partial charge in [0.1, 0.15) is 10.5 Å². The molecule has 0 spiro atoms. The van der Waals surface area contributed by atoms with Crippen LogP contribution in [-0.4, -0.2) is 29.7 Å². The maximum atomic E-state index is 12.7. The van der Waals surface area contributed by atoms with E-state index >= 15 is 0 Å². The number of likely N-dealkylation sites (tertiary alicyclic amines) is 1. The maximum absolute atomic E-state index is 12.7. The van der Waals surface area contributed by atoms with Crippen molar-refractivity contribution < 1.29 is 29.0 Å². The second-order valence-corrected chi connectivity index (χ2v) is 9.69. The Morgan fingerprint density at radius 3 is 1.92 bits per heavy atom. The number of amides is 1. The maximum Gasteiger partial charge on any atom is 0.410 e. The molecular formula is C16H22F5NO2S. The molecule has 1 aliphatic rings. The first kappa shape index (κ1) is 19.8. The van der Waals surface area contributed by atoms with E-state index in [-0.39, 0.29) is 5.92 Å². The van der Waals surface area contributed by atoms with Crippen LogP contribution in [0.2, 0.25) is 0 Å². The number of piperidine rings is 1. The minimum absolute atomic E-state index is 0.0775. The highest BCUT2D eigenvalue weighted by Gasteiger charge is 2.65. The van der Waals surface area contributed by atoms with E-state index in [2.05, 4.69) is 0 Å². The topological polar surface area (TPSA) is 29.5 Å². The van der Waals surface area contributed by atoms with Crippen LogP contribution >= 0.6 is 10.2 Å². The minimum atomic E-state index is -9.63. The highest BCUT2D eigenvalue weighted by atomic mass is 32.5. The predicted molar refractivity (Wildman–Crippen MR) is 87.6 cm³/mol. The van der Waals surface area contributed by atoms with E-state index in [0.29, 0.717) is 43.6 Å². The fourth-order valence-corrected chi connectivity index (χ4v) is 3.37. The first-order valence-corrected chi connectivity index (χ1v) is 9.82. The summed E-state index contributed by atoms with van der Waals surface area (Å²) in [6, 6.07) is 3.08. The zero-order chi connectivity index (χ0) is 19.2. The van der Waals surface area contributed by atoms with E-state index < -0.39 is 26.8 Å². The first-order valence-electron chi connectivity index (χ1n) is 7.87. The first-order chi connectivity index (χ1) is 11.0. The van der Waals surface area contributed by atoms with E-state index in [1.807, 2.05) is 0 Å². The molecule has 2 rings (SSSR count). The highest BCUT2D eigenvalue weighted by Crippen LogP contribution is 3.02. The number of nitrogens with zero attached hydrogens (tertiary/aromatic N) is 1. The average molecular weight is 387 g/mol. The molecule has 25 heavy (non-hydrogen) atoms. The molecular weight excluding hydrogens is 365 g/mol. The molecule has 0 bridgehead atoms. The van der Waals surface area contributed by atoms with Crippen LogP contribution in [0.15, 0.2) is 29.2 Å². The van der Waals surface area contributed by atoms with Crippen LogP contribution in [-0.2, 0) is 4.74 Å². The second-order valence-electron chi connectivity index (χ2n) is 7.28. The third kappa shape index (κ3) is 5.49. The molecule has 0 aliphatic carbocycles. The van der Waals surface area contributed by atoms with Crippen molar-refractivity contribution >= 4 is 16.3 Å². The average Bonchev–Trinajstić information content (AvgIpc) is 2.43. The smallest absolute Gasteiger partial charge is 0.410 e. The number of benzene rings is 1. The van der Waals surface area contributed by atoms with Crippen molar-refractivity contribution in [2.45, 2.75) is 50.0 Å². The zero-order valence-corrected chi connectivity index (χ0v) is 15.1. The van der Waals surface area contributed by atoms with Crippen LogP contribution < -0.4 is 0 Å². The minimum Gasteiger partial charge on any atom is -0.444 e. The van der Waals surface area contributed by atoms with Gasteiger partial charge in [-0.05, 0) is 57.2 Å². The van der Waals surface area contributed by atoms with Crippen molar-refractivity contribution in [2.75, 3.05) is 13.1 Å². The lowest BCUT2D eigenvalue weighted by Gasteiger charge is -2.40. The van der Waals surface area contributed by atoms with Crippen LogP contribution in [0.1, 0.15) is 45.1 Å². The summed E-state index contributed by atoms with van der Waals surface area (Å²) < 4.78 is 69.0. The number of halogens is 5. The van der Waals surface area contributed by atoms with Crippen molar-refractivity contribution in [3.8, 4) is 0 Å². The van der Waals surface area contributed by atoms with Gasteiger partial charge in [0.05, 0.1) is 0 Å². The van der Waals surface area contributed by atoms with E-state index in [1.54, 1.807) is 25.7 Å². The molecule has 3 nitrogen and oxygen atoms in total. The summed E-state index contributed by atoms with van der Waals surface area (Å²) in [5.41, 5.74) is -0.0376. The van der Waals surface area contributed by atoms with Crippen molar-refractivity contribution in [3.05, 3.63) is 29.8 Å². The number of rotatable bonds is 2.